The molecule has 0 saturated carbocycles. The van der Waals surface area contributed by atoms with Gasteiger partial charge in [0, 0.05) is 13.2 Å². The van der Waals surface area contributed by atoms with Gasteiger partial charge >= 0.3 is 0 Å². The summed E-state index contributed by atoms with van der Waals surface area (Å²) in [6.07, 6.45) is 1.77. The number of hydrogen-bond donors (Lipinski definition) is 1. The molecule has 0 saturated heterocycles. The van der Waals surface area contributed by atoms with Gasteiger partial charge in [0.15, 0.2) is 0 Å². The summed E-state index contributed by atoms with van der Waals surface area (Å²) in [5.41, 5.74) is 2.59. The first-order chi connectivity index (χ1) is 8.22. The second-order valence-electron chi connectivity index (χ2n) is 3.90. The molecule has 86 valence electrons. The number of hydrogen-bond acceptors (Lipinski definition) is 3. The lowest BCUT2D eigenvalue weighted by Crippen LogP contribution is -2.12. The summed E-state index contributed by atoms with van der Waals surface area (Å²) < 4.78 is 1.83. The van der Waals surface area contributed by atoms with E-state index in [1.165, 1.54) is 0 Å². The van der Waals surface area contributed by atoms with E-state index >= 15 is 0 Å². The zero-order valence-corrected chi connectivity index (χ0v) is 9.88. The SMILES string of the molecule is CC(Nc1ccccc1C#N)c1ccnn1C. The predicted octanol–water partition coefficient (Wildman–Crippen LogP) is 2.46. The van der Waals surface area contributed by atoms with Gasteiger partial charge in [0.1, 0.15) is 6.07 Å². The Balaban J connectivity index is 2.22. The number of para-hydroxylation sites is 1. The van der Waals surface area contributed by atoms with Crippen LogP contribution in [0.25, 0.3) is 0 Å². The van der Waals surface area contributed by atoms with E-state index < -0.39 is 0 Å². The first-order valence-electron chi connectivity index (χ1n) is 5.46. The lowest BCUT2D eigenvalue weighted by atomic mass is 10.1. The third-order valence-corrected chi connectivity index (χ3v) is 2.72. The first kappa shape index (κ1) is 11.2. The molecule has 0 aliphatic carbocycles. The molecule has 1 aromatic heterocycles. The molecule has 0 aliphatic rings. The van der Waals surface area contributed by atoms with Crippen LogP contribution in [0.1, 0.15) is 24.2 Å². The Kier molecular flexibility index (Phi) is 3.10. The Bertz CT molecular complexity index is 551. The van der Waals surface area contributed by atoms with Gasteiger partial charge in [0.2, 0.25) is 0 Å². The van der Waals surface area contributed by atoms with E-state index in [2.05, 4.69) is 16.5 Å². The van der Waals surface area contributed by atoms with Crippen molar-refractivity contribution in [2.24, 2.45) is 7.05 Å². The van der Waals surface area contributed by atoms with E-state index in [9.17, 15) is 0 Å². The van der Waals surface area contributed by atoms with Crippen molar-refractivity contribution in [2.75, 3.05) is 5.32 Å². The maximum Gasteiger partial charge on any atom is 0.101 e. The van der Waals surface area contributed by atoms with Gasteiger partial charge in [0.05, 0.1) is 23.0 Å². The molecule has 1 unspecified atom stereocenters. The zero-order chi connectivity index (χ0) is 12.3. The normalized spacial score (nSPS) is 11.8. The summed E-state index contributed by atoms with van der Waals surface area (Å²) in [7, 11) is 1.91. The average molecular weight is 226 g/mol. The van der Waals surface area contributed by atoms with Crippen LogP contribution in [0.2, 0.25) is 0 Å². The van der Waals surface area contributed by atoms with Crippen LogP contribution in [0.15, 0.2) is 36.5 Å². The van der Waals surface area contributed by atoms with Crippen molar-refractivity contribution in [1.82, 2.24) is 9.78 Å². The van der Waals surface area contributed by atoms with Gasteiger partial charge in [-0.1, -0.05) is 12.1 Å². The van der Waals surface area contributed by atoms with Gasteiger partial charge in [-0.05, 0) is 25.1 Å². The van der Waals surface area contributed by atoms with Crippen LogP contribution in [0.3, 0.4) is 0 Å². The van der Waals surface area contributed by atoms with Gasteiger partial charge in [-0.25, -0.2) is 0 Å². The van der Waals surface area contributed by atoms with Crippen LogP contribution in [0.5, 0.6) is 0 Å². The van der Waals surface area contributed by atoms with Crippen molar-refractivity contribution in [3.63, 3.8) is 0 Å². The highest BCUT2D eigenvalue weighted by molar-refractivity contribution is 5.57. The van der Waals surface area contributed by atoms with E-state index in [-0.39, 0.29) is 6.04 Å². The standard InChI is InChI=1S/C13H14N4/c1-10(13-7-8-15-17(13)2)16-12-6-4-3-5-11(12)9-14/h3-8,10,16H,1-2H3. The van der Waals surface area contributed by atoms with Crippen molar-refractivity contribution >= 4 is 5.69 Å². The molecule has 1 aromatic carbocycles. The number of aryl methyl sites for hydroxylation is 1. The molecule has 0 fully saturated rings. The highest BCUT2D eigenvalue weighted by Crippen LogP contribution is 2.21. The molecule has 1 heterocycles. The van der Waals surface area contributed by atoms with Crippen molar-refractivity contribution < 1.29 is 0 Å². The van der Waals surface area contributed by atoms with Crippen LogP contribution in [-0.4, -0.2) is 9.78 Å². The Hall–Kier alpha value is -2.28. The van der Waals surface area contributed by atoms with Gasteiger partial charge in [-0.2, -0.15) is 10.4 Å². The quantitative estimate of drug-likeness (QED) is 0.874. The predicted molar refractivity (Wildman–Crippen MR) is 66.4 cm³/mol. The molecule has 2 aromatic rings. The zero-order valence-electron chi connectivity index (χ0n) is 9.88. The summed E-state index contributed by atoms with van der Waals surface area (Å²) in [6.45, 7) is 2.05. The van der Waals surface area contributed by atoms with Crippen LogP contribution in [0, 0.1) is 11.3 Å². The molecule has 4 heteroatoms. The number of nitrogens with zero attached hydrogens (tertiary/aromatic N) is 3. The number of nitrogens with one attached hydrogen (secondary N) is 1. The molecular weight excluding hydrogens is 212 g/mol. The number of aromatic nitrogens is 2. The summed E-state index contributed by atoms with van der Waals surface area (Å²) in [6, 6.07) is 11.7. The van der Waals surface area contributed by atoms with E-state index in [0.717, 1.165) is 11.4 Å². The molecular formula is C13H14N4. The van der Waals surface area contributed by atoms with Gasteiger partial charge in [-0.3, -0.25) is 4.68 Å². The molecule has 1 N–H and O–H groups in total. The summed E-state index contributed by atoms with van der Waals surface area (Å²) >= 11 is 0. The molecule has 0 spiro atoms. The van der Waals surface area contributed by atoms with Crippen LogP contribution < -0.4 is 5.32 Å². The second kappa shape index (κ2) is 4.71. The average Bonchev–Trinajstić information content (AvgIpc) is 2.76. The molecule has 0 bridgehead atoms. The van der Waals surface area contributed by atoms with Gasteiger partial charge in [0.25, 0.3) is 0 Å². The summed E-state index contributed by atoms with van der Waals surface area (Å²) in [4.78, 5) is 0. The lowest BCUT2D eigenvalue weighted by Gasteiger charge is -2.16. The topological polar surface area (TPSA) is 53.6 Å². The highest BCUT2D eigenvalue weighted by Gasteiger charge is 2.10. The molecule has 0 amide bonds. The third-order valence-electron chi connectivity index (χ3n) is 2.72. The van der Waals surface area contributed by atoms with Gasteiger partial charge < -0.3 is 5.32 Å². The molecule has 2 rings (SSSR count). The number of rotatable bonds is 3. The fourth-order valence-corrected chi connectivity index (χ4v) is 1.82. The van der Waals surface area contributed by atoms with E-state index in [1.54, 1.807) is 12.3 Å². The van der Waals surface area contributed by atoms with Crippen LogP contribution in [0.4, 0.5) is 5.69 Å². The third kappa shape index (κ3) is 2.28. The number of nitriles is 1. The number of anilines is 1. The molecule has 17 heavy (non-hydrogen) atoms. The first-order valence-corrected chi connectivity index (χ1v) is 5.46. The molecule has 0 radical (unpaired) electrons. The fraction of sp³-hybridized carbons (Fsp3) is 0.231. The van der Waals surface area contributed by atoms with Gasteiger partial charge in [-0.15, -0.1) is 0 Å². The van der Waals surface area contributed by atoms with E-state index in [1.807, 2.05) is 42.9 Å². The highest BCUT2D eigenvalue weighted by atomic mass is 15.3. The van der Waals surface area contributed by atoms with E-state index in [4.69, 9.17) is 5.26 Å². The Morgan fingerprint density at radius 2 is 2.12 bits per heavy atom. The van der Waals surface area contributed by atoms with Crippen LogP contribution in [-0.2, 0) is 7.05 Å². The van der Waals surface area contributed by atoms with Crippen molar-refractivity contribution in [3.05, 3.63) is 47.8 Å². The Labute approximate surface area is 100 Å². The maximum absolute atomic E-state index is 9.01. The van der Waals surface area contributed by atoms with Crippen molar-refractivity contribution in [3.8, 4) is 6.07 Å². The largest absolute Gasteiger partial charge is 0.376 e. The monoisotopic (exact) mass is 226 g/mol. The van der Waals surface area contributed by atoms with Crippen molar-refractivity contribution in [1.29, 1.82) is 5.26 Å². The summed E-state index contributed by atoms with van der Waals surface area (Å²) in [5, 5.41) is 16.5. The molecule has 1 atom stereocenters. The smallest absolute Gasteiger partial charge is 0.101 e. The van der Waals surface area contributed by atoms with Crippen molar-refractivity contribution in [2.45, 2.75) is 13.0 Å². The van der Waals surface area contributed by atoms with E-state index in [0.29, 0.717) is 5.56 Å². The molecule has 0 aliphatic heterocycles. The lowest BCUT2D eigenvalue weighted by molar-refractivity contribution is 0.675. The Morgan fingerprint density at radius 3 is 2.76 bits per heavy atom. The molecule has 4 nitrogen and oxygen atoms in total. The minimum atomic E-state index is 0.108. The number of benzene rings is 1. The minimum absolute atomic E-state index is 0.108. The maximum atomic E-state index is 9.01. The fourth-order valence-electron chi connectivity index (χ4n) is 1.82. The Morgan fingerprint density at radius 1 is 1.35 bits per heavy atom. The minimum Gasteiger partial charge on any atom is -0.376 e. The summed E-state index contributed by atoms with van der Waals surface area (Å²) in [5.74, 6) is 0. The second-order valence-corrected chi connectivity index (χ2v) is 3.90. The van der Waals surface area contributed by atoms with Crippen LogP contribution >= 0.6 is 0 Å².